The van der Waals surface area contributed by atoms with Gasteiger partial charge in [0.2, 0.25) is 0 Å². The van der Waals surface area contributed by atoms with Crippen molar-refractivity contribution in [2.75, 3.05) is 13.1 Å². The van der Waals surface area contributed by atoms with E-state index >= 15 is 0 Å². The fourth-order valence-electron chi connectivity index (χ4n) is 1.64. The van der Waals surface area contributed by atoms with Crippen molar-refractivity contribution in [1.82, 2.24) is 10.3 Å². The molecular weight excluding hydrogens is 176 g/mol. The van der Waals surface area contributed by atoms with Gasteiger partial charge in [-0.15, -0.1) is 0 Å². The minimum Gasteiger partial charge on any atom is -0.487 e. The predicted molar refractivity (Wildman–Crippen MR) is 55.5 cm³/mol. The van der Waals surface area contributed by atoms with Crippen LogP contribution >= 0.6 is 0 Å². The van der Waals surface area contributed by atoms with Crippen molar-refractivity contribution in [3.8, 4) is 5.75 Å². The van der Waals surface area contributed by atoms with Gasteiger partial charge in [-0.25, -0.2) is 0 Å². The van der Waals surface area contributed by atoms with E-state index in [9.17, 15) is 0 Å². The molecule has 1 aromatic heterocycles. The molecule has 0 aromatic carbocycles. The van der Waals surface area contributed by atoms with Crippen molar-refractivity contribution in [1.29, 1.82) is 0 Å². The Hall–Kier alpha value is -1.09. The number of aryl methyl sites for hydroxylation is 1. The van der Waals surface area contributed by atoms with Crippen molar-refractivity contribution in [3.63, 3.8) is 0 Å². The van der Waals surface area contributed by atoms with Gasteiger partial charge in [0, 0.05) is 12.2 Å². The fourth-order valence-corrected chi connectivity index (χ4v) is 1.64. The standard InChI is InChI=1S/C11H16N2O/c1-9-4-5-11(8-13-9)14-10-3-2-6-12-7-10/h4-5,8,10,12H,2-3,6-7H2,1H3. The molecule has 1 aromatic rings. The molecule has 1 saturated heterocycles. The number of ether oxygens (including phenoxy) is 1. The maximum absolute atomic E-state index is 5.79. The molecule has 1 aliphatic heterocycles. The van der Waals surface area contributed by atoms with Crippen LogP contribution in [0.25, 0.3) is 0 Å². The molecule has 1 unspecified atom stereocenters. The summed E-state index contributed by atoms with van der Waals surface area (Å²) >= 11 is 0. The minimum absolute atomic E-state index is 0.313. The lowest BCUT2D eigenvalue weighted by Crippen LogP contribution is -2.37. The summed E-state index contributed by atoms with van der Waals surface area (Å²) < 4.78 is 5.79. The first kappa shape index (κ1) is 9.46. The third kappa shape index (κ3) is 2.45. The smallest absolute Gasteiger partial charge is 0.138 e. The molecule has 76 valence electrons. The van der Waals surface area contributed by atoms with Crippen LogP contribution < -0.4 is 10.1 Å². The third-order valence-corrected chi connectivity index (χ3v) is 2.44. The third-order valence-electron chi connectivity index (χ3n) is 2.44. The van der Waals surface area contributed by atoms with Crippen LogP contribution in [0.1, 0.15) is 18.5 Å². The average molecular weight is 192 g/mol. The second kappa shape index (κ2) is 4.42. The van der Waals surface area contributed by atoms with Crippen molar-refractivity contribution in [2.24, 2.45) is 0 Å². The number of pyridine rings is 1. The Bertz CT molecular complexity index is 278. The number of aromatic nitrogens is 1. The largest absolute Gasteiger partial charge is 0.487 e. The van der Waals surface area contributed by atoms with E-state index in [2.05, 4.69) is 10.3 Å². The van der Waals surface area contributed by atoms with Crippen LogP contribution in [0.4, 0.5) is 0 Å². The molecule has 1 fully saturated rings. The summed E-state index contributed by atoms with van der Waals surface area (Å²) in [5.41, 5.74) is 1.03. The summed E-state index contributed by atoms with van der Waals surface area (Å²) in [6.07, 6.45) is 4.45. The van der Waals surface area contributed by atoms with Crippen LogP contribution in [0.5, 0.6) is 5.75 Å². The molecule has 3 heteroatoms. The van der Waals surface area contributed by atoms with Gasteiger partial charge >= 0.3 is 0 Å². The summed E-state index contributed by atoms with van der Waals surface area (Å²) in [7, 11) is 0. The molecule has 0 radical (unpaired) electrons. The number of nitrogens with zero attached hydrogens (tertiary/aromatic N) is 1. The molecule has 0 saturated carbocycles. The molecule has 0 bridgehead atoms. The van der Waals surface area contributed by atoms with Gasteiger partial charge in [0.05, 0.1) is 6.20 Å². The van der Waals surface area contributed by atoms with Gasteiger partial charge in [-0.3, -0.25) is 4.98 Å². The van der Waals surface area contributed by atoms with Crippen LogP contribution in [0.15, 0.2) is 18.3 Å². The molecule has 2 heterocycles. The Morgan fingerprint density at radius 2 is 2.43 bits per heavy atom. The molecule has 3 nitrogen and oxygen atoms in total. The summed E-state index contributed by atoms with van der Waals surface area (Å²) in [6.45, 7) is 4.05. The summed E-state index contributed by atoms with van der Waals surface area (Å²) in [5, 5.41) is 3.32. The molecule has 0 spiro atoms. The zero-order chi connectivity index (χ0) is 9.80. The lowest BCUT2D eigenvalue weighted by molar-refractivity contribution is 0.166. The van der Waals surface area contributed by atoms with Crippen molar-refractivity contribution in [2.45, 2.75) is 25.9 Å². The fraction of sp³-hybridized carbons (Fsp3) is 0.545. The zero-order valence-electron chi connectivity index (χ0n) is 8.49. The Kier molecular flexibility index (Phi) is 2.99. The number of nitrogens with one attached hydrogen (secondary N) is 1. The number of piperidine rings is 1. The average Bonchev–Trinajstić information content (AvgIpc) is 2.23. The van der Waals surface area contributed by atoms with Crippen LogP contribution in [0.2, 0.25) is 0 Å². The maximum Gasteiger partial charge on any atom is 0.138 e. The van der Waals surface area contributed by atoms with Gasteiger partial charge in [0.15, 0.2) is 0 Å². The SMILES string of the molecule is Cc1ccc(OC2CCCNC2)cn1. The Labute approximate surface area is 84.5 Å². The van der Waals surface area contributed by atoms with E-state index in [1.165, 1.54) is 6.42 Å². The first-order chi connectivity index (χ1) is 6.84. The van der Waals surface area contributed by atoms with Crippen LogP contribution in [0.3, 0.4) is 0 Å². The van der Waals surface area contributed by atoms with E-state index in [1.807, 2.05) is 19.1 Å². The zero-order valence-corrected chi connectivity index (χ0v) is 8.49. The van der Waals surface area contributed by atoms with E-state index in [0.29, 0.717) is 6.10 Å². The Morgan fingerprint density at radius 3 is 3.07 bits per heavy atom. The van der Waals surface area contributed by atoms with Gasteiger partial charge in [0.25, 0.3) is 0 Å². The van der Waals surface area contributed by atoms with Crippen molar-refractivity contribution in [3.05, 3.63) is 24.0 Å². The topological polar surface area (TPSA) is 34.1 Å². The van der Waals surface area contributed by atoms with Gasteiger partial charge in [-0.1, -0.05) is 0 Å². The molecule has 1 aliphatic rings. The normalized spacial score (nSPS) is 21.9. The van der Waals surface area contributed by atoms with E-state index in [0.717, 1.165) is 31.0 Å². The maximum atomic E-state index is 5.79. The quantitative estimate of drug-likeness (QED) is 0.771. The van der Waals surface area contributed by atoms with Crippen LogP contribution in [-0.2, 0) is 0 Å². The highest BCUT2D eigenvalue weighted by Gasteiger charge is 2.13. The van der Waals surface area contributed by atoms with E-state index < -0.39 is 0 Å². The molecule has 0 amide bonds. The molecule has 1 atom stereocenters. The Morgan fingerprint density at radius 1 is 1.50 bits per heavy atom. The first-order valence-electron chi connectivity index (χ1n) is 5.14. The summed E-state index contributed by atoms with van der Waals surface area (Å²) in [6, 6.07) is 3.96. The second-order valence-electron chi connectivity index (χ2n) is 3.72. The van der Waals surface area contributed by atoms with E-state index in [1.54, 1.807) is 6.20 Å². The first-order valence-corrected chi connectivity index (χ1v) is 5.14. The van der Waals surface area contributed by atoms with Gasteiger partial charge in [-0.2, -0.15) is 0 Å². The lowest BCUT2D eigenvalue weighted by Gasteiger charge is -2.23. The van der Waals surface area contributed by atoms with Crippen LogP contribution in [-0.4, -0.2) is 24.2 Å². The second-order valence-corrected chi connectivity index (χ2v) is 3.72. The number of hydrogen-bond donors (Lipinski definition) is 1. The monoisotopic (exact) mass is 192 g/mol. The summed E-state index contributed by atoms with van der Waals surface area (Å²) in [5.74, 6) is 0.879. The van der Waals surface area contributed by atoms with Gasteiger partial charge in [-0.05, 0) is 38.4 Å². The molecule has 2 rings (SSSR count). The molecule has 0 aliphatic carbocycles. The van der Waals surface area contributed by atoms with Gasteiger partial charge < -0.3 is 10.1 Å². The van der Waals surface area contributed by atoms with Crippen molar-refractivity contribution < 1.29 is 4.74 Å². The molecular formula is C11H16N2O. The minimum atomic E-state index is 0.313. The summed E-state index contributed by atoms with van der Waals surface area (Å²) in [4.78, 5) is 4.20. The van der Waals surface area contributed by atoms with Crippen LogP contribution in [0, 0.1) is 6.92 Å². The lowest BCUT2D eigenvalue weighted by atomic mass is 10.1. The molecule has 14 heavy (non-hydrogen) atoms. The molecule has 1 N–H and O–H groups in total. The van der Waals surface area contributed by atoms with Crippen molar-refractivity contribution >= 4 is 0 Å². The predicted octanol–water partition coefficient (Wildman–Crippen LogP) is 1.52. The highest BCUT2D eigenvalue weighted by Crippen LogP contribution is 2.14. The number of rotatable bonds is 2. The Balaban J connectivity index is 1.92. The number of hydrogen-bond acceptors (Lipinski definition) is 3. The van der Waals surface area contributed by atoms with E-state index in [4.69, 9.17) is 4.74 Å². The highest BCUT2D eigenvalue weighted by atomic mass is 16.5. The van der Waals surface area contributed by atoms with E-state index in [-0.39, 0.29) is 0 Å². The highest BCUT2D eigenvalue weighted by molar-refractivity contribution is 5.19. The van der Waals surface area contributed by atoms with Gasteiger partial charge in [0.1, 0.15) is 11.9 Å².